The number of aliphatic hydroxyl groups is 1. The van der Waals surface area contributed by atoms with E-state index < -0.39 is 43.3 Å². The molecule has 0 bridgehead atoms. The topological polar surface area (TPSA) is 182 Å². The fourth-order valence-electron chi connectivity index (χ4n) is 2.89. The predicted molar refractivity (Wildman–Crippen MR) is 120 cm³/mol. The first kappa shape index (κ1) is 27.7. The first-order valence-electron chi connectivity index (χ1n) is 9.49. The molecule has 0 saturated carbocycles. The first-order chi connectivity index (χ1) is 14.9. The highest BCUT2D eigenvalue weighted by Crippen LogP contribution is 2.36. The van der Waals surface area contributed by atoms with Gasteiger partial charge in [-0.3, -0.25) is 29.2 Å². The van der Waals surface area contributed by atoms with Gasteiger partial charge in [-0.25, -0.2) is 0 Å². The van der Waals surface area contributed by atoms with Gasteiger partial charge < -0.3 is 15.3 Å². The van der Waals surface area contributed by atoms with Crippen molar-refractivity contribution in [3.8, 4) is 0 Å². The second-order valence-corrected chi connectivity index (χ2v) is 9.11. The molecule has 13 nitrogen and oxygen atoms in total. The van der Waals surface area contributed by atoms with Gasteiger partial charge in [-0.2, -0.15) is 8.42 Å². The van der Waals surface area contributed by atoms with Crippen LogP contribution in [0.5, 0.6) is 0 Å². The molecule has 15 heteroatoms. The van der Waals surface area contributed by atoms with E-state index in [0.717, 1.165) is 18.4 Å². The van der Waals surface area contributed by atoms with Crippen molar-refractivity contribution in [1.29, 1.82) is 0 Å². The van der Waals surface area contributed by atoms with Crippen LogP contribution in [0, 0.1) is 20.2 Å². The van der Waals surface area contributed by atoms with Crippen LogP contribution < -0.4 is 10.2 Å². The Morgan fingerprint density at radius 2 is 1.94 bits per heavy atom. The Balaban J connectivity index is 3.59. The van der Waals surface area contributed by atoms with Crippen LogP contribution >= 0.6 is 15.9 Å². The largest absolute Gasteiger partial charge is 0.396 e. The number of anilines is 1. The molecule has 0 fully saturated rings. The second kappa shape index (κ2) is 12.6. The number of non-ortho nitro benzene ring substituents is 1. The molecule has 1 unspecified atom stereocenters. The Bertz CT molecular complexity index is 942. The first-order valence-corrected chi connectivity index (χ1v) is 12.4. The zero-order valence-corrected chi connectivity index (χ0v) is 19.9. The van der Waals surface area contributed by atoms with Gasteiger partial charge in [0, 0.05) is 37.1 Å². The van der Waals surface area contributed by atoms with Gasteiger partial charge in [0.2, 0.25) is 0 Å². The number of halogens is 1. The summed E-state index contributed by atoms with van der Waals surface area (Å²) in [4.78, 5) is 35.7. The fourth-order valence-corrected chi connectivity index (χ4v) is 3.69. The number of nitro benzene ring substituents is 2. The molecule has 0 aromatic heterocycles. The predicted octanol–water partition coefficient (Wildman–Crippen LogP) is 1.57. The minimum atomic E-state index is -3.78. The quantitative estimate of drug-likeness (QED) is 0.152. The molecular weight excluding hydrogens is 516 g/mol. The number of alkyl halides is 1. The number of benzene rings is 1. The molecular formula is C17H25BrN4O9S. The molecule has 1 aromatic rings. The van der Waals surface area contributed by atoms with Crippen LogP contribution in [0.2, 0.25) is 0 Å². The number of carbonyl (C=O) groups excluding carboxylic acids is 1. The Kier molecular flexibility index (Phi) is 10.9. The maximum absolute atomic E-state index is 13.0. The molecule has 0 aliphatic carbocycles. The summed E-state index contributed by atoms with van der Waals surface area (Å²) < 4.78 is 27.3. The fraction of sp³-hybridized carbons (Fsp3) is 0.588. The molecule has 0 spiro atoms. The van der Waals surface area contributed by atoms with Gasteiger partial charge in [0.05, 0.1) is 34.3 Å². The van der Waals surface area contributed by atoms with Gasteiger partial charge in [0.1, 0.15) is 5.69 Å². The van der Waals surface area contributed by atoms with E-state index in [1.807, 2.05) is 0 Å². The van der Waals surface area contributed by atoms with Crippen molar-refractivity contribution < 1.29 is 32.3 Å². The summed E-state index contributed by atoms with van der Waals surface area (Å²) in [5.74, 6) is -0.796. The lowest BCUT2D eigenvalue weighted by Crippen LogP contribution is -2.37. The lowest BCUT2D eigenvalue weighted by molar-refractivity contribution is -0.393. The molecule has 0 radical (unpaired) electrons. The van der Waals surface area contributed by atoms with Crippen molar-refractivity contribution in [2.24, 2.45) is 0 Å². The van der Waals surface area contributed by atoms with E-state index in [2.05, 4.69) is 21.2 Å². The lowest BCUT2D eigenvalue weighted by atomic mass is 10.1. The summed E-state index contributed by atoms with van der Waals surface area (Å²) in [6.45, 7) is 1.16. The third-order valence-corrected chi connectivity index (χ3v) is 5.31. The number of nitrogens with one attached hydrogen (secondary N) is 1. The van der Waals surface area contributed by atoms with Crippen LogP contribution in [0.25, 0.3) is 0 Å². The van der Waals surface area contributed by atoms with E-state index >= 15 is 0 Å². The van der Waals surface area contributed by atoms with Crippen molar-refractivity contribution in [3.63, 3.8) is 0 Å². The zero-order valence-electron chi connectivity index (χ0n) is 17.5. The van der Waals surface area contributed by atoms with E-state index in [1.165, 1.54) is 4.90 Å². The van der Waals surface area contributed by atoms with Crippen molar-refractivity contribution >= 4 is 49.0 Å². The van der Waals surface area contributed by atoms with Crippen LogP contribution in [-0.4, -0.2) is 73.2 Å². The molecule has 32 heavy (non-hydrogen) atoms. The molecule has 0 heterocycles. The van der Waals surface area contributed by atoms with Gasteiger partial charge in [-0.15, -0.1) is 0 Å². The zero-order chi connectivity index (χ0) is 24.5. The molecule has 1 amide bonds. The summed E-state index contributed by atoms with van der Waals surface area (Å²) in [7, 11) is -3.78. The summed E-state index contributed by atoms with van der Waals surface area (Å²) in [5.41, 5.74) is -1.84. The smallest absolute Gasteiger partial charge is 0.300 e. The number of carbonyl (C=O) groups is 1. The normalized spacial score (nSPS) is 12.2. The molecule has 180 valence electrons. The lowest BCUT2D eigenvalue weighted by Gasteiger charge is -2.26. The van der Waals surface area contributed by atoms with Crippen molar-refractivity contribution in [2.75, 3.05) is 42.8 Å². The Morgan fingerprint density at radius 3 is 2.41 bits per heavy atom. The molecule has 2 N–H and O–H groups in total. The highest BCUT2D eigenvalue weighted by atomic mass is 79.9. The summed E-state index contributed by atoms with van der Waals surface area (Å²) in [6, 6.07) is 1.22. The third kappa shape index (κ3) is 8.29. The van der Waals surface area contributed by atoms with Crippen LogP contribution in [0.3, 0.4) is 0 Å². The van der Waals surface area contributed by atoms with Gasteiger partial charge in [0.15, 0.2) is 0 Å². The molecule has 0 aliphatic heterocycles. The van der Waals surface area contributed by atoms with Crippen molar-refractivity contribution in [2.45, 2.75) is 25.8 Å². The highest BCUT2D eigenvalue weighted by molar-refractivity contribution is 9.09. The standard InChI is InChI=1S/C17H25BrN4O9S/c1-3-12(4-8-23)19-17(24)14-10-13(21(25)26)11-15(22(27)28)16(14)20(6-5-18)7-9-31-32(2,29)30/h10-12,23H,3-9H2,1-2H3,(H,19,24). The summed E-state index contributed by atoms with van der Waals surface area (Å²) >= 11 is 3.20. The molecule has 1 aromatic carbocycles. The number of amides is 1. The van der Waals surface area contributed by atoms with Crippen molar-refractivity contribution in [1.82, 2.24) is 5.32 Å². The van der Waals surface area contributed by atoms with Crippen LogP contribution in [-0.2, 0) is 14.3 Å². The Labute approximate surface area is 193 Å². The van der Waals surface area contributed by atoms with Gasteiger partial charge >= 0.3 is 0 Å². The summed E-state index contributed by atoms with van der Waals surface area (Å²) in [6.07, 6.45) is 1.52. The van der Waals surface area contributed by atoms with Gasteiger partial charge in [0.25, 0.3) is 27.4 Å². The minimum absolute atomic E-state index is 0.111. The van der Waals surface area contributed by atoms with Crippen LogP contribution in [0.1, 0.15) is 30.1 Å². The number of nitro groups is 2. The third-order valence-electron chi connectivity index (χ3n) is 4.36. The maximum Gasteiger partial charge on any atom is 0.300 e. The SMILES string of the molecule is CCC(CCO)NC(=O)c1cc([N+](=O)[O-])cc([N+](=O)[O-])c1N(CCBr)CCOS(C)(=O)=O. The minimum Gasteiger partial charge on any atom is -0.396 e. The number of hydrogen-bond donors (Lipinski definition) is 2. The van der Waals surface area contributed by atoms with E-state index in [4.69, 9.17) is 9.29 Å². The van der Waals surface area contributed by atoms with E-state index in [1.54, 1.807) is 6.92 Å². The van der Waals surface area contributed by atoms with E-state index in [0.29, 0.717) is 11.8 Å². The molecule has 0 saturated heterocycles. The summed E-state index contributed by atoms with van der Waals surface area (Å²) in [5, 5.41) is 35.2. The average Bonchev–Trinajstić information content (AvgIpc) is 2.70. The number of hydrogen-bond acceptors (Lipinski definition) is 10. The number of nitrogens with zero attached hydrogens (tertiary/aromatic N) is 3. The highest BCUT2D eigenvalue weighted by Gasteiger charge is 2.31. The number of aliphatic hydroxyl groups excluding tert-OH is 1. The van der Waals surface area contributed by atoms with Gasteiger partial charge in [-0.1, -0.05) is 22.9 Å². The molecule has 0 aliphatic rings. The average molecular weight is 541 g/mol. The second-order valence-electron chi connectivity index (χ2n) is 6.67. The monoisotopic (exact) mass is 540 g/mol. The number of rotatable bonds is 14. The Morgan fingerprint density at radius 1 is 1.28 bits per heavy atom. The maximum atomic E-state index is 13.0. The van der Waals surface area contributed by atoms with Gasteiger partial charge in [-0.05, 0) is 12.8 Å². The van der Waals surface area contributed by atoms with Crippen LogP contribution in [0.4, 0.5) is 17.1 Å². The molecule has 1 rings (SSSR count). The Hall–Kier alpha value is -2.36. The van der Waals surface area contributed by atoms with E-state index in [-0.39, 0.29) is 44.0 Å². The van der Waals surface area contributed by atoms with Crippen LogP contribution in [0.15, 0.2) is 12.1 Å². The van der Waals surface area contributed by atoms with E-state index in [9.17, 15) is 33.4 Å². The molecule has 1 atom stereocenters. The van der Waals surface area contributed by atoms with Crippen molar-refractivity contribution in [3.05, 3.63) is 37.9 Å².